The molecule has 0 saturated heterocycles. The number of ether oxygens (including phenoxy) is 1. The van der Waals surface area contributed by atoms with Crippen LogP contribution in [0.2, 0.25) is 0 Å². The molecule has 0 spiro atoms. The summed E-state index contributed by atoms with van der Waals surface area (Å²) in [6, 6.07) is 9.97. The van der Waals surface area contributed by atoms with Gasteiger partial charge in [-0.05, 0) is 76.8 Å². The van der Waals surface area contributed by atoms with E-state index in [0.717, 1.165) is 48.4 Å². The SMILES string of the molecule is COc1ccc(-c2cc(C3CCC(NS(=O)(=O)C(C)(C)C)CC3)[nH]n2)cc1. The van der Waals surface area contributed by atoms with E-state index in [1.165, 1.54) is 0 Å². The molecule has 1 heterocycles. The van der Waals surface area contributed by atoms with E-state index in [0.29, 0.717) is 5.92 Å². The number of aromatic amines is 1. The van der Waals surface area contributed by atoms with Crippen molar-refractivity contribution in [2.24, 2.45) is 0 Å². The molecule has 0 atom stereocenters. The van der Waals surface area contributed by atoms with Gasteiger partial charge in [-0.3, -0.25) is 5.10 Å². The molecule has 2 aromatic rings. The summed E-state index contributed by atoms with van der Waals surface area (Å²) >= 11 is 0. The molecule has 2 N–H and O–H groups in total. The Kier molecular flexibility index (Phi) is 5.63. The molecule has 7 heteroatoms. The molecule has 1 saturated carbocycles. The minimum atomic E-state index is -3.30. The first-order valence-corrected chi connectivity index (χ1v) is 10.9. The second kappa shape index (κ2) is 7.64. The Bertz CT molecular complexity index is 859. The van der Waals surface area contributed by atoms with Crippen molar-refractivity contribution < 1.29 is 13.2 Å². The van der Waals surface area contributed by atoms with Crippen molar-refractivity contribution in [2.45, 2.75) is 63.2 Å². The lowest BCUT2D eigenvalue weighted by Crippen LogP contribution is -2.45. The molecule has 148 valence electrons. The van der Waals surface area contributed by atoms with Crippen LogP contribution < -0.4 is 9.46 Å². The third-order valence-electron chi connectivity index (χ3n) is 5.28. The van der Waals surface area contributed by atoms with Gasteiger partial charge in [-0.25, -0.2) is 13.1 Å². The Labute approximate surface area is 161 Å². The minimum Gasteiger partial charge on any atom is -0.497 e. The Morgan fingerprint density at radius 2 is 1.74 bits per heavy atom. The fourth-order valence-electron chi connectivity index (χ4n) is 3.37. The number of hydrogen-bond acceptors (Lipinski definition) is 4. The van der Waals surface area contributed by atoms with Crippen molar-refractivity contribution in [1.29, 1.82) is 0 Å². The van der Waals surface area contributed by atoms with E-state index >= 15 is 0 Å². The molecule has 0 bridgehead atoms. The van der Waals surface area contributed by atoms with E-state index in [9.17, 15) is 8.42 Å². The molecule has 27 heavy (non-hydrogen) atoms. The average molecular weight is 392 g/mol. The van der Waals surface area contributed by atoms with Crippen LogP contribution in [0.15, 0.2) is 30.3 Å². The molecule has 6 nitrogen and oxygen atoms in total. The van der Waals surface area contributed by atoms with Crippen LogP contribution in [0.5, 0.6) is 5.75 Å². The largest absolute Gasteiger partial charge is 0.497 e. The van der Waals surface area contributed by atoms with E-state index in [4.69, 9.17) is 4.74 Å². The van der Waals surface area contributed by atoms with Crippen LogP contribution in [0.1, 0.15) is 58.1 Å². The van der Waals surface area contributed by atoms with Crippen LogP contribution in [0.25, 0.3) is 11.3 Å². The Balaban J connectivity index is 1.61. The third kappa shape index (κ3) is 4.52. The molecular weight excluding hydrogens is 362 g/mol. The van der Waals surface area contributed by atoms with E-state index in [-0.39, 0.29) is 6.04 Å². The first-order chi connectivity index (χ1) is 12.7. The van der Waals surface area contributed by atoms with Crippen LogP contribution in [-0.4, -0.2) is 36.5 Å². The van der Waals surface area contributed by atoms with Gasteiger partial charge in [-0.1, -0.05) is 0 Å². The molecular formula is C20H29N3O3S. The van der Waals surface area contributed by atoms with Crippen LogP contribution in [-0.2, 0) is 10.0 Å². The normalized spacial score (nSPS) is 21.2. The number of rotatable bonds is 5. The quantitative estimate of drug-likeness (QED) is 0.811. The summed E-state index contributed by atoms with van der Waals surface area (Å²) in [5, 5.41) is 7.62. The standard InChI is InChI=1S/C20H29N3O3S/c1-20(2,3)27(24,25)23-16-9-5-14(6-10-16)18-13-19(22-21-18)15-7-11-17(26-4)12-8-15/h7-8,11-14,16,23H,5-6,9-10H2,1-4H3,(H,21,22). The Morgan fingerprint density at radius 3 is 2.30 bits per heavy atom. The van der Waals surface area contributed by atoms with Crippen molar-refractivity contribution in [3.63, 3.8) is 0 Å². The molecule has 0 unspecified atom stereocenters. The lowest BCUT2D eigenvalue weighted by atomic mass is 9.84. The molecule has 1 aromatic heterocycles. The first kappa shape index (κ1) is 19.9. The summed E-state index contributed by atoms with van der Waals surface area (Å²) in [7, 11) is -1.65. The van der Waals surface area contributed by atoms with Gasteiger partial charge in [-0.15, -0.1) is 0 Å². The highest BCUT2D eigenvalue weighted by molar-refractivity contribution is 7.90. The molecule has 0 radical (unpaired) electrons. The zero-order valence-corrected chi connectivity index (χ0v) is 17.3. The number of benzene rings is 1. The second-order valence-corrected chi connectivity index (χ2v) is 10.7. The predicted octanol–water partition coefficient (Wildman–Crippen LogP) is 3.83. The Morgan fingerprint density at radius 1 is 1.11 bits per heavy atom. The number of nitrogens with zero attached hydrogens (tertiary/aromatic N) is 1. The maximum Gasteiger partial charge on any atom is 0.216 e. The summed E-state index contributed by atoms with van der Waals surface area (Å²) in [4.78, 5) is 0. The van der Waals surface area contributed by atoms with Gasteiger partial charge in [0.05, 0.1) is 17.6 Å². The van der Waals surface area contributed by atoms with Crippen molar-refractivity contribution in [3.8, 4) is 17.0 Å². The van der Waals surface area contributed by atoms with Crippen molar-refractivity contribution >= 4 is 10.0 Å². The number of H-pyrrole nitrogens is 1. The smallest absolute Gasteiger partial charge is 0.216 e. The molecule has 0 aliphatic heterocycles. The van der Waals surface area contributed by atoms with Crippen molar-refractivity contribution in [1.82, 2.24) is 14.9 Å². The van der Waals surface area contributed by atoms with Gasteiger partial charge >= 0.3 is 0 Å². The highest BCUT2D eigenvalue weighted by Gasteiger charge is 2.33. The lowest BCUT2D eigenvalue weighted by Gasteiger charge is -2.30. The van der Waals surface area contributed by atoms with Crippen LogP contribution in [0.4, 0.5) is 0 Å². The zero-order valence-electron chi connectivity index (χ0n) is 16.5. The number of hydrogen-bond donors (Lipinski definition) is 2. The Hall–Kier alpha value is -1.86. The van der Waals surface area contributed by atoms with Crippen LogP contribution in [0.3, 0.4) is 0 Å². The summed E-state index contributed by atoms with van der Waals surface area (Å²) in [5.74, 6) is 1.21. The highest BCUT2D eigenvalue weighted by Crippen LogP contribution is 2.34. The number of nitrogens with one attached hydrogen (secondary N) is 2. The minimum absolute atomic E-state index is 0.0226. The van der Waals surface area contributed by atoms with E-state index < -0.39 is 14.8 Å². The van der Waals surface area contributed by atoms with Crippen LogP contribution >= 0.6 is 0 Å². The maximum absolute atomic E-state index is 12.3. The fourth-order valence-corrected chi connectivity index (χ4v) is 4.40. The lowest BCUT2D eigenvalue weighted by molar-refractivity contribution is 0.367. The summed E-state index contributed by atoms with van der Waals surface area (Å²) in [5.41, 5.74) is 3.09. The van der Waals surface area contributed by atoms with Gasteiger partial charge in [0.15, 0.2) is 0 Å². The number of sulfonamides is 1. The summed E-state index contributed by atoms with van der Waals surface area (Å²) in [6.07, 6.45) is 3.58. The van der Waals surface area contributed by atoms with E-state index in [2.05, 4.69) is 21.0 Å². The highest BCUT2D eigenvalue weighted by atomic mass is 32.2. The van der Waals surface area contributed by atoms with E-state index in [1.807, 2.05) is 24.3 Å². The summed E-state index contributed by atoms with van der Waals surface area (Å²) < 4.78 is 32.0. The number of aromatic nitrogens is 2. The van der Waals surface area contributed by atoms with Crippen LogP contribution in [0, 0.1) is 0 Å². The monoisotopic (exact) mass is 391 g/mol. The van der Waals surface area contributed by atoms with Crippen molar-refractivity contribution in [2.75, 3.05) is 7.11 Å². The maximum atomic E-state index is 12.3. The van der Waals surface area contributed by atoms with Gasteiger partial charge in [0, 0.05) is 23.2 Å². The molecule has 1 fully saturated rings. The zero-order chi connectivity index (χ0) is 19.7. The number of methoxy groups -OCH3 is 1. The molecule has 1 aliphatic rings. The average Bonchev–Trinajstić information content (AvgIpc) is 3.11. The summed E-state index contributed by atoms with van der Waals surface area (Å²) in [6.45, 7) is 5.19. The second-order valence-electron chi connectivity index (χ2n) is 8.22. The third-order valence-corrected chi connectivity index (χ3v) is 7.53. The van der Waals surface area contributed by atoms with Gasteiger partial charge in [0.2, 0.25) is 10.0 Å². The van der Waals surface area contributed by atoms with Gasteiger partial charge in [-0.2, -0.15) is 5.10 Å². The first-order valence-electron chi connectivity index (χ1n) is 9.41. The van der Waals surface area contributed by atoms with Crippen molar-refractivity contribution in [3.05, 3.63) is 36.0 Å². The molecule has 3 rings (SSSR count). The van der Waals surface area contributed by atoms with Gasteiger partial charge < -0.3 is 4.74 Å². The molecule has 1 aromatic carbocycles. The predicted molar refractivity (Wildman–Crippen MR) is 107 cm³/mol. The topological polar surface area (TPSA) is 84.1 Å². The fraction of sp³-hybridized carbons (Fsp3) is 0.550. The van der Waals surface area contributed by atoms with Gasteiger partial charge in [0.1, 0.15) is 5.75 Å². The molecule has 0 amide bonds. The van der Waals surface area contributed by atoms with Gasteiger partial charge in [0.25, 0.3) is 0 Å². The van der Waals surface area contributed by atoms with E-state index in [1.54, 1.807) is 27.9 Å². The molecule has 1 aliphatic carbocycles.